The Morgan fingerprint density at radius 3 is 2.89 bits per heavy atom. The lowest BCUT2D eigenvalue weighted by Gasteiger charge is -2.09. The van der Waals surface area contributed by atoms with Crippen LogP contribution in [0.4, 0.5) is 11.4 Å². The number of hydrogen-bond donors (Lipinski definition) is 2. The van der Waals surface area contributed by atoms with Gasteiger partial charge in [0.1, 0.15) is 5.69 Å². The van der Waals surface area contributed by atoms with E-state index >= 15 is 0 Å². The average Bonchev–Trinajstić information content (AvgIpc) is 2.42. The minimum absolute atomic E-state index is 0.310. The smallest absolute Gasteiger partial charge is 0.255 e. The molecule has 1 aromatic heterocycles. The number of halogens is 1. The van der Waals surface area contributed by atoms with Gasteiger partial charge in [-0.1, -0.05) is 11.6 Å². The normalized spacial score (nSPS) is 10.0. The summed E-state index contributed by atoms with van der Waals surface area (Å²) in [6, 6.07) is 8.08. The van der Waals surface area contributed by atoms with Gasteiger partial charge in [0.2, 0.25) is 5.88 Å². The first-order chi connectivity index (χ1) is 9.11. The fourth-order valence-electron chi connectivity index (χ4n) is 1.53. The number of nitrogens with one attached hydrogen (secondary N) is 1. The highest BCUT2D eigenvalue weighted by molar-refractivity contribution is 6.33. The van der Waals surface area contributed by atoms with Crippen molar-refractivity contribution >= 4 is 28.9 Å². The van der Waals surface area contributed by atoms with E-state index in [0.717, 1.165) is 0 Å². The molecule has 0 aliphatic carbocycles. The number of rotatable bonds is 3. The summed E-state index contributed by atoms with van der Waals surface area (Å²) in [5.74, 6) is 0.0347. The average molecular weight is 278 g/mol. The highest BCUT2D eigenvalue weighted by atomic mass is 35.5. The van der Waals surface area contributed by atoms with Crippen molar-refractivity contribution < 1.29 is 9.53 Å². The Morgan fingerprint density at radius 1 is 1.42 bits per heavy atom. The van der Waals surface area contributed by atoms with Crippen LogP contribution < -0.4 is 15.8 Å². The summed E-state index contributed by atoms with van der Waals surface area (Å²) in [6.45, 7) is 0. The van der Waals surface area contributed by atoms with Crippen LogP contribution in [0, 0.1) is 0 Å². The second-order valence-electron chi connectivity index (χ2n) is 3.75. The SMILES string of the molecule is COc1ncccc1NC(=O)c1ccc(Cl)c(N)c1. The number of ether oxygens (including phenoxy) is 1. The summed E-state index contributed by atoms with van der Waals surface area (Å²) in [5.41, 5.74) is 6.91. The van der Waals surface area contributed by atoms with Gasteiger partial charge in [-0.3, -0.25) is 4.79 Å². The highest BCUT2D eigenvalue weighted by Gasteiger charge is 2.11. The van der Waals surface area contributed by atoms with Crippen LogP contribution in [0.3, 0.4) is 0 Å². The van der Waals surface area contributed by atoms with E-state index in [1.54, 1.807) is 30.5 Å². The summed E-state index contributed by atoms with van der Waals surface area (Å²) < 4.78 is 5.05. The molecular formula is C13H12ClN3O2. The number of aromatic nitrogens is 1. The third-order valence-electron chi connectivity index (χ3n) is 2.47. The van der Waals surface area contributed by atoms with E-state index in [9.17, 15) is 4.79 Å². The first kappa shape index (κ1) is 13.2. The lowest BCUT2D eigenvalue weighted by molar-refractivity contribution is 0.102. The number of methoxy groups -OCH3 is 1. The Labute approximate surface area is 115 Å². The molecule has 0 bridgehead atoms. The molecule has 2 aromatic rings. The van der Waals surface area contributed by atoms with Gasteiger partial charge in [0.25, 0.3) is 5.91 Å². The Morgan fingerprint density at radius 2 is 2.21 bits per heavy atom. The van der Waals surface area contributed by atoms with Gasteiger partial charge >= 0.3 is 0 Å². The maximum Gasteiger partial charge on any atom is 0.255 e. The molecule has 0 aliphatic heterocycles. The van der Waals surface area contributed by atoms with Crippen LogP contribution in [0.2, 0.25) is 5.02 Å². The molecule has 0 radical (unpaired) electrons. The van der Waals surface area contributed by atoms with Crippen molar-refractivity contribution in [1.82, 2.24) is 4.98 Å². The number of anilines is 2. The largest absolute Gasteiger partial charge is 0.480 e. The van der Waals surface area contributed by atoms with Crippen molar-refractivity contribution in [3.63, 3.8) is 0 Å². The summed E-state index contributed by atoms with van der Waals surface area (Å²) >= 11 is 5.81. The molecule has 1 aromatic carbocycles. The van der Waals surface area contributed by atoms with E-state index in [0.29, 0.717) is 27.8 Å². The number of nitrogens with two attached hydrogens (primary N) is 1. The Kier molecular flexibility index (Phi) is 3.87. The maximum absolute atomic E-state index is 12.1. The molecule has 19 heavy (non-hydrogen) atoms. The second kappa shape index (κ2) is 5.58. The molecule has 98 valence electrons. The van der Waals surface area contributed by atoms with E-state index in [-0.39, 0.29) is 5.91 Å². The van der Waals surface area contributed by atoms with Crippen LogP contribution in [0.25, 0.3) is 0 Å². The fraction of sp³-hybridized carbons (Fsp3) is 0.0769. The molecule has 0 spiro atoms. The molecule has 0 aliphatic rings. The molecular weight excluding hydrogens is 266 g/mol. The monoisotopic (exact) mass is 277 g/mol. The van der Waals surface area contributed by atoms with Crippen molar-refractivity contribution in [2.75, 3.05) is 18.2 Å². The lowest BCUT2D eigenvalue weighted by Crippen LogP contribution is -2.13. The molecule has 0 fully saturated rings. The van der Waals surface area contributed by atoms with Crippen LogP contribution in [-0.2, 0) is 0 Å². The summed E-state index contributed by atoms with van der Waals surface area (Å²) in [5, 5.41) is 3.11. The number of nitrogens with zero attached hydrogens (tertiary/aromatic N) is 1. The summed E-state index contributed by atoms with van der Waals surface area (Å²) in [4.78, 5) is 16.0. The van der Waals surface area contributed by atoms with E-state index in [2.05, 4.69) is 10.3 Å². The van der Waals surface area contributed by atoms with E-state index < -0.39 is 0 Å². The molecule has 1 amide bonds. The van der Waals surface area contributed by atoms with E-state index in [1.807, 2.05) is 0 Å². The zero-order valence-corrected chi connectivity index (χ0v) is 10.9. The first-order valence-electron chi connectivity index (χ1n) is 5.47. The number of carbonyl (C=O) groups excluding carboxylic acids is 1. The van der Waals surface area contributed by atoms with Crippen LogP contribution in [-0.4, -0.2) is 18.0 Å². The van der Waals surface area contributed by atoms with Gasteiger partial charge in [0.15, 0.2) is 0 Å². The van der Waals surface area contributed by atoms with Crippen molar-refractivity contribution in [3.8, 4) is 5.88 Å². The predicted octanol–water partition coefficient (Wildman–Crippen LogP) is 2.58. The minimum atomic E-state index is -0.310. The number of benzene rings is 1. The molecule has 0 saturated heterocycles. The molecule has 0 unspecified atom stereocenters. The van der Waals surface area contributed by atoms with Crippen LogP contribution in [0.5, 0.6) is 5.88 Å². The third-order valence-corrected chi connectivity index (χ3v) is 2.82. The van der Waals surface area contributed by atoms with Crippen molar-refractivity contribution in [2.45, 2.75) is 0 Å². The van der Waals surface area contributed by atoms with Gasteiger partial charge in [0.05, 0.1) is 17.8 Å². The van der Waals surface area contributed by atoms with E-state index in [4.69, 9.17) is 22.1 Å². The van der Waals surface area contributed by atoms with Gasteiger partial charge in [0, 0.05) is 11.8 Å². The number of hydrogen-bond acceptors (Lipinski definition) is 4. The summed E-state index contributed by atoms with van der Waals surface area (Å²) in [6.07, 6.45) is 1.58. The molecule has 2 rings (SSSR count). The van der Waals surface area contributed by atoms with Gasteiger partial charge in [-0.15, -0.1) is 0 Å². The number of pyridine rings is 1. The standard InChI is InChI=1S/C13H12ClN3O2/c1-19-13-11(3-2-6-16-13)17-12(18)8-4-5-9(14)10(15)7-8/h2-7H,15H2,1H3,(H,17,18). The minimum Gasteiger partial charge on any atom is -0.480 e. The Bertz CT molecular complexity index is 617. The predicted molar refractivity (Wildman–Crippen MR) is 74.6 cm³/mol. The molecule has 0 saturated carbocycles. The van der Waals surface area contributed by atoms with Crippen molar-refractivity contribution in [1.29, 1.82) is 0 Å². The molecule has 1 heterocycles. The molecule has 6 heteroatoms. The van der Waals surface area contributed by atoms with Crippen LogP contribution in [0.15, 0.2) is 36.5 Å². The van der Waals surface area contributed by atoms with Crippen molar-refractivity contribution in [3.05, 3.63) is 47.1 Å². The topological polar surface area (TPSA) is 77.2 Å². The zero-order valence-electron chi connectivity index (χ0n) is 10.2. The lowest BCUT2D eigenvalue weighted by atomic mass is 10.2. The fourth-order valence-corrected chi connectivity index (χ4v) is 1.65. The van der Waals surface area contributed by atoms with Crippen molar-refractivity contribution in [2.24, 2.45) is 0 Å². The number of nitrogen functional groups attached to an aromatic ring is 1. The van der Waals surface area contributed by atoms with E-state index in [1.165, 1.54) is 13.2 Å². The quantitative estimate of drug-likeness (QED) is 0.846. The van der Waals surface area contributed by atoms with Gasteiger partial charge in [-0.05, 0) is 30.3 Å². The molecule has 3 N–H and O–H groups in total. The van der Waals surface area contributed by atoms with Crippen LogP contribution >= 0.6 is 11.6 Å². The molecule has 5 nitrogen and oxygen atoms in total. The number of amides is 1. The Hall–Kier alpha value is -2.27. The second-order valence-corrected chi connectivity index (χ2v) is 4.16. The van der Waals surface area contributed by atoms with Crippen LogP contribution in [0.1, 0.15) is 10.4 Å². The van der Waals surface area contributed by atoms with Gasteiger partial charge in [-0.2, -0.15) is 0 Å². The maximum atomic E-state index is 12.1. The van der Waals surface area contributed by atoms with Gasteiger partial charge < -0.3 is 15.8 Å². The summed E-state index contributed by atoms with van der Waals surface area (Å²) in [7, 11) is 1.48. The zero-order chi connectivity index (χ0) is 13.8. The third kappa shape index (κ3) is 2.95. The first-order valence-corrected chi connectivity index (χ1v) is 5.85. The molecule has 0 atom stereocenters. The van der Waals surface area contributed by atoms with Gasteiger partial charge in [-0.25, -0.2) is 4.98 Å². The Balaban J connectivity index is 2.23. The highest BCUT2D eigenvalue weighted by Crippen LogP contribution is 2.23. The number of carbonyl (C=O) groups is 1.